The van der Waals surface area contributed by atoms with E-state index >= 15 is 0 Å². The van der Waals surface area contributed by atoms with Gasteiger partial charge in [-0.15, -0.1) is 0 Å². The van der Waals surface area contributed by atoms with Gasteiger partial charge in [-0.3, -0.25) is 4.79 Å². The first-order valence-electron chi connectivity index (χ1n) is 6.45. The van der Waals surface area contributed by atoms with Crippen LogP contribution in [0.15, 0.2) is 0 Å². The molecule has 1 heterocycles. The van der Waals surface area contributed by atoms with E-state index in [-0.39, 0.29) is 18.5 Å². The molecule has 0 spiro atoms. The molecule has 1 fully saturated rings. The van der Waals surface area contributed by atoms with Crippen LogP contribution in [0.25, 0.3) is 0 Å². The van der Waals surface area contributed by atoms with Crippen LogP contribution in [0.3, 0.4) is 0 Å². The summed E-state index contributed by atoms with van der Waals surface area (Å²) in [4.78, 5) is 26.3. The third-order valence-corrected chi connectivity index (χ3v) is 3.19. The van der Waals surface area contributed by atoms with Gasteiger partial charge in [0.25, 0.3) is 0 Å². The SMILES string of the molecule is CC(CCCC(=O)O)NC(=O)N1CCN(C)CC1. The highest BCUT2D eigenvalue weighted by atomic mass is 16.4. The van der Waals surface area contributed by atoms with Gasteiger partial charge in [0.05, 0.1) is 0 Å². The molecule has 2 amide bonds. The monoisotopic (exact) mass is 257 g/mol. The second-order valence-corrected chi connectivity index (χ2v) is 4.93. The van der Waals surface area contributed by atoms with Gasteiger partial charge in [0.15, 0.2) is 0 Å². The standard InChI is InChI=1S/C12H23N3O3/c1-10(4-3-5-11(16)17)13-12(18)15-8-6-14(2)7-9-15/h10H,3-9H2,1-2H3,(H,13,18)(H,16,17). The minimum atomic E-state index is -0.785. The van der Waals surface area contributed by atoms with Crippen molar-refractivity contribution in [3.63, 3.8) is 0 Å². The number of carboxylic acid groups (broad SMARTS) is 1. The van der Waals surface area contributed by atoms with Gasteiger partial charge in [-0.1, -0.05) is 0 Å². The molecule has 104 valence electrons. The molecule has 0 bridgehead atoms. The topological polar surface area (TPSA) is 72.9 Å². The van der Waals surface area contributed by atoms with E-state index in [0.717, 1.165) is 26.2 Å². The Kier molecular flexibility index (Phi) is 5.91. The van der Waals surface area contributed by atoms with Crippen LogP contribution in [0.1, 0.15) is 26.2 Å². The normalized spacial score (nSPS) is 18.4. The smallest absolute Gasteiger partial charge is 0.317 e. The highest BCUT2D eigenvalue weighted by Crippen LogP contribution is 2.03. The van der Waals surface area contributed by atoms with Crippen LogP contribution >= 0.6 is 0 Å². The summed E-state index contributed by atoms with van der Waals surface area (Å²) in [6, 6.07) is -0.0116. The number of rotatable bonds is 5. The summed E-state index contributed by atoms with van der Waals surface area (Å²) >= 11 is 0. The van der Waals surface area contributed by atoms with Crippen LogP contribution in [0, 0.1) is 0 Å². The van der Waals surface area contributed by atoms with E-state index in [1.54, 1.807) is 0 Å². The lowest BCUT2D eigenvalue weighted by Crippen LogP contribution is -2.52. The fourth-order valence-corrected chi connectivity index (χ4v) is 1.94. The number of carbonyl (C=O) groups excluding carboxylic acids is 1. The predicted molar refractivity (Wildman–Crippen MR) is 68.6 cm³/mol. The predicted octanol–water partition coefficient (Wildman–Crippen LogP) is 0.587. The first-order valence-corrected chi connectivity index (χ1v) is 6.45. The number of aliphatic carboxylic acids is 1. The molecule has 0 saturated carbocycles. The average molecular weight is 257 g/mol. The van der Waals surface area contributed by atoms with Gasteiger partial charge < -0.3 is 20.2 Å². The number of hydrogen-bond acceptors (Lipinski definition) is 3. The molecule has 1 rings (SSSR count). The van der Waals surface area contributed by atoms with Gasteiger partial charge in [0, 0.05) is 38.6 Å². The van der Waals surface area contributed by atoms with E-state index in [2.05, 4.69) is 10.2 Å². The summed E-state index contributed by atoms with van der Waals surface area (Å²) in [5.74, 6) is -0.785. The van der Waals surface area contributed by atoms with Gasteiger partial charge in [-0.2, -0.15) is 0 Å². The molecule has 6 heteroatoms. The number of likely N-dealkylation sites (N-methyl/N-ethyl adjacent to an activating group) is 1. The molecule has 0 aliphatic carbocycles. The molecule has 0 aromatic heterocycles. The average Bonchev–Trinajstić information content (AvgIpc) is 2.29. The lowest BCUT2D eigenvalue weighted by Gasteiger charge is -2.33. The molecule has 1 saturated heterocycles. The zero-order valence-electron chi connectivity index (χ0n) is 11.2. The van der Waals surface area contributed by atoms with Crippen molar-refractivity contribution in [1.82, 2.24) is 15.1 Å². The van der Waals surface area contributed by atoms with Crippen molar-refractivity contribution in [2.45, 2.75) is 32.2 Å². The molecular formula is C12H23N3O3. The van der Waals surface area contributed by atoms with Gasteiger partial charge in [-0.25, -0.2) is 4.79 Å². The summed E-state index contributed by atoms with van der Waals surface area (Å²) in [5, 5.41) is 11.5. The van der Waals surface area contributed by atoms with Crippen LogP contribution < -0.4 is 5.32 Å². The maximum absolute atomic E-state index is 11.9. The maximum Gasteiger partial charge on any atom is 0.317 e. The van der Waals surface area contributed by atoms with Crippen molar-refractivity contribution in [3.05, 3.63) is 0 Å². The summed E-state index contributed by atoms with van der Waals surface area (Å²) in [6.45, 7) is 5.23. The van der Waals surface area contributed by atoms with Gasteiger partial charge in [0.2, 0.25) is 0 Å². The van der Waals surface area contributed by atoms with Crippen LogP contribution in [0.4, 0.5) is 4.79 Å². The zero-order valence-corrected chi connectivity index (χ0v) is 11.2. The Morgan fingerprint density at radius 1 is 1.28 bits per heavy atom. The van der Waals surface area contributed by atoms with E-state index < -0.39 is 5.97 Å². The Balaban J connectivity index is 2.20. The minimum Gasteiger partial charge on any atom is -0.481 e. The lowest BCUT2D eigenvalue weighted by molar-refractivity contribution is -0.137. The number of nitrogens with one attached hydrogen (secondary N) is 1. The van der Waals surface area contributed by atoms with Crippen molar-refractivity contribution in [2.24, 2.45) is 0 Å². The Morgan fingerprint density at radius 3 is 2.44 bits per heavy atom. The second kappa shape index (κ2) is 7.20. The Hall–Kier alpha value is -1.30. The Labute approximate surface area is 108 Å². The molecule has 1 unspecified atom stereocenters. The first kappa shape index (κ1) is 14.8. The first-order chi connectivity index (χ1) is 8.49. The van der Waals surface area contributed by atoms with Crippen molar-refractivity contribution in [1.29, 1.82) is 0 Å². The molecule has 18 heavy (non-hydrogen) atoms. The number of nitrogens with zero attached hydrogens (tertiary/aromatic N) is 2. The van der Waals surface area contributed by atoms with Crippen molar-refractivity contribution >= 4 is 12.0 Å². The quantitative estimate of drug-likeness (QED) is 0.756. The molecule has 0 aromatic carbocycles. The van der Waals surface area contributed by atoms with Gasteiger partial charge >= 0.3 is 12.0 Å². The summed E-state index contributed by atoms with van der Waals surface area (Å²) in [5.41, 5.74) is 0. The summed E-state index contributed by atoms with van der Waals surface area (Å²) < 4.78 is 0. The molecule has 0 aromatic rings. The van der Waals surface area contributed by atoms with E-state index in [0.29, 0.717) is 12.8 Å². The lowest BCUT2D eigenvalue weighted by atomic mass is 10.1. The fraction of sp³-hybridized carbons (Fsp3) is 0.833. The van der Waals surface area contributed by atoms with Gasteiger partial charge in [-0.05, 0) is 26.8 Å². The largest absolute Gasteiger partial charge is 0.481 e. The number of urea groups is 1. The van der Waals surface area contributed by atoms with E-state index in [1.165, 1.54) is 0 Å². The minimum absolute atomic E-state index is 0.0245. The van der Waals surface area contributed by atoms with E-state index in [4.69, 9.17) is 5.11 Å². The molecule has 1 atom stereocenters. The van der Waals surface area contributed by atoms with Crippen molar-refractivity contribution in [3.8, 4) is 0 Å². The van der Waals surface area contributed by atoms with Crippen LogP contribution in [-0.4, -0.2) is 66.2 Å². The van der Waals surface area contributed by atoms with E-state index in [9.17, 15) is 9.59 Å². The van der Waals surface area contributed by atoms with E-state index in [1.807, 2.05) is 18.9 Å². The van der Waals surface area contributed by atoms with Crippen molar-refractivity contribution in [2.75, 3.05) is 33.2 Å². The van der Waals surface area contributed by atoms with Gasteiger partial charge in [0.1, 0.15) is 0 Å². The Bertz CT molecular complexity index is 288. The number of carbonyl (C=O) groups is 2. The highest BCUT2D eigenvalue weighted by molar-refractivity contribution is 5.74. The molecule has 1 aliphatic rings. The molecule has 6 nitrogen and oxygen atoms in total. The number of carboxylic acids is 1. The third-order valence-electron chi connectivity index (χ3n) is 3.19. The number of piperazine rings is 1. The fourth-order valence-electron chi connectivity index (χ4n) is 1.94. The molecule has 1 aliphatic heterocycles. The van der Waals surface area contributed by atoms with Crippen LogP contribution in [-0.2, 0) is 4.79 Å². The van der Waals surface area contributed by atoms with Crippen LogP contribution in [0.5, 0.6) is 0 Å². The molecular weight excluding hydrogens is 234 g/mol. The molecule has 2 N–H and O–H groups in total. The number of hydrogen-bond donors (Lipinski definition) is 2. The maximum atomic E-state index is 11.9. The summed E-state index contributed by atoms with van der Waals surface area (Å²) in [6.07, 6.45) is 1.46. The van der Waals surface area contributed by atoms with Crippen LogP contribution in [0.2, 0.25) is 0 Å². The van der Waals surface area contributed by atoms with Crippen molar-refractivity contribution < 1.29 is 14.7 Å². The zero-order chi connectivity index (χ0) is 13.5. The highest BCUT2D eigenvalue weighted by Gasteiger charge is 2.19. The number of amides is 2. The third kappa shape index (κ3) is 5.35. The molecule has 0 radical (unpaired) electrons. The Morgan fingerprint density at radius 2 is 1.89 bits per heavy atom. The second-order valence-electron chi connectivity index (χ2n) is 4.93. The summed E-state index contributed by atoms with van der Waals surface area (Å²) in [7, 11) is 2.05.